The van der Waals surface area contributed by atoms with Crippen molar-refractivity contribution in [1.29, 1.82) is 0 Å². The summed E-state index contributed by atoms with van der Waals surface area (Å²) in [6.07, 6.45) is 2.40. The van der Waals surface area contributed by atoms with Crippen LogP contribution in [0.15, 0.2) is 24.3 Å². The van der Waals surface area contributed by atoms with Crippen molar-refractivity contribution in [3.05, 3.63) is 35.4 Å². The Morgan fingerprint density at radius 2 is 2.00 bits per heavy atom. The lowest BCUT2D eigenvalue weighted by Crippen LogP contribution is -2.27. The first-order valence-corrected chi connectivity index (χ1v) is 6.72. The number of methoxy groups -OCH3 is 1. The lowest BCUT2D eigenvalue weighted by atomic mass is 9.75. The highest BCUT2D eigenvalue weighted by molar-refractivity contribution is 5.69. The van der Waals surface area contributed by atoms with Gasteiger partial charge in [-0.15, -0.1) is 0 Å². The summed E-state index contributed by atoms with van der Waals surface area (Å²) >= 11 is 0. The molecule has 0 unspecified atom stereocenters. The number of ether oxygens (including phenoxy) is 1. The summed E-state index contributed by atoms with van der Waals surface area (Å²) in [5, 5.41) is 9.10. The van der Waals surface area contributed by atoms with Crippen LogP contribution in [0.4, 0.5) is 0 Å². The van der Waals surface area contributed by atoms with Crippen LogP contribution in [0.1, 0.15) is 44.2 Å². The minimum atomic E-state index is -0.753. The van der Waals surface area contributed by atoms with Crippen LogP contribution in [0.5, 0.6) is 0 Å². The molecule has 19 heavy (non-hydrogen) atoms. The molecule has 1 N–H and O–H groups in total. The van der Waals surface area contributed by atoms with Crippen LogP contribution in [0.3, 0.4) is 0 Å². The first-order chi connectivity index (χ1) is 8.91. The maximum atomic E-state index is 11.1. The van der Waals surface area contributed by atoms with E-state index in [0.717, 1.165) is 18.4 Å². The summed E-state index contributed by atoms with van der Waals surface area (Å²) in [6.45, 7) is 4.72. The Morgan fingerprint density at radius 1 is 1.37 bits per heavy atom. The second kappa shape index (κ2) is 4.97. The van der Waals surface area contributed by atoms with Gasteiger partial charge in [0.1, 0.15) is 0 Å². The van der Waals surface area contributed by atoms with Crippen LogP contribution in [0.2, 0.25) is 0 Å². The van der Waals surface area contributed by atoms with Crippen molar-refractivity contribution in [2.24, 2.45) is 0 Å². The molecule has 104 valence electrons. The third-order valence-electron chi connectivity index (χ3n) is 4.09. The molecule has 0 aliphatic heterocycles. The van der Waals surface area contributed by atoms with Crippen molar-refractivity contribution in [2.45, 2.75) is 43.9 Å². The van der Waals surface area contributed by atoms with Gasteiger partial charge in [-0.1, -0.05) is 38.1 Å². The number of benzene rings is 1. The molecule has 1 aliphatic rings. The maximum absolute atomic E-state index is 11.1. The van der Waals surface area contributed by atoms with Gasteiger partial charge in [0, 0.05) is 17.9 Å². The number of hydrogen-bond acceptors (Lipinski definition) is 2. The van der Waals surface area contributed by atoms with Crippen molar-refractivity contribution in [3.63, 3.8) is 0 Å². The summed E-state index contributed by atoms with van der Waals surface area (Å²) in [4.78, 5) is 11.1. The van der Waals surface area contributed by atoms with E-state index < -0.39 is 5.97 Å². The number of carboxylic acid groups (broad SMARTS) is 1. The first kappa shape index (κ1) is 14.1. The van der Waals surface area contributed by atoms with E-state index in [-0.39, 0.29) is 17.3 Å². The second-order valence-electron chi connectivity index (χ2n) is 6.21. The average molecular weight is 262 g/mol. The Hall–Kier alpha value is -1.35. The van der Waals surface area contributed by atoms with E-state index in [2.05, 4.69) is 12.1 Å². The van der Waals surface area contributed by atoms with E-state index in [1.165, 1.54) is 5.56 Å². The zero-order valence-electron chi connectivity index (χ0n) is 11.9. The number of carboxylic acids is 1. The maximum Gasteiger partial charge on any atom is 0.304 e. The molecule has 1 fully saturated rings. The summed E-state index contributed by atoms with van der Waals surface area (Å²) in [5.41, 5.74) is 2.17. The van der Waals surface area contributed by atoms with Crippen molar-refractivity contribution in [3.8, 4) is 0 Å². The topological polar surface area (TPSA) is 46.5 Å². The van der Waals surface area contributed by atoms with Gasteiger partial charge in [-0.2, -0.15) is 0 Å². The molecule has 1 saturated carbocycles. The number of aliphatic carboxylic acids is 1. The molecular formula is C16H22O3. The summed E-state index contributed by atoms with van der Waals surface area (Å²) in [7, 11) is 1.73. The first-order valence-electron chi connectivity index (χ1n) is 6.72. The van der Waals surface area contributed by atoms with Gasteiger partial charge in [0.15, 0.2) is 0 Å². The molecule has 1 aromatic rings. The SMILES string of the molecule is COCC1(c2ccccc2C(C)(C)CC(=O)O)CC1. The Labute approximate surface area is 114 Å². The van der Waals surface area contributed by atoms with Crippen LogP contribution >= 0.6 is 0 Å². The molecule has 0 radical (unpaired) electrons. The fourth-order valence-corrected chi connectivity index (χ4v) is 2.93. The molecular weight excluding hydrogens is 240 g/mol. The summed E-state index contributed by atoms with van der Waals surface area (Å²) in [5.74, 6) is -0.753. The van der Waals surface area contributed by atoms with Crippen LogP contribution in [-0.2, 0) is 20.4 Å². The largest absolute Gasteiger partial charge is 0.481 e. The van der Waals surface area contributed by atoms with E-state index in [1.807, 2.05) is 26.0 Å². The van der Waals surface area contributed by atoms with Crippen molar-refractivity contribution >= 4 is 5.97 Å². The van der Waals surface area contributed by atoms with E-state index in [0.29, 0.717) is 6.61 Å². The van der Waals surface area contributed by atoms with Gasteiger partial charge in [-0.25, -0.2) is 0 Å². The van der Waals surface area contributed by atoms with Gasteiger partial charge in [0.25, 0.3) is 0 Å². The standard InChI is InChI=1S/C16H22O3/c1-15(2,10-14(17)18)12-6-4-5-7-13(12)16(8-9-16)11-19-3/h4-7H,8-11H2,1-3H3,(H,17,18). The Morgan fingerprint density at radius 3 is 2.53 bits per heavy atom. The van der Waals surface area contributed by atoms with Crippen LogP contribution in [0, 0.1) is 0 Å². The third-order valence-corrected chi connectivity index (χ3v) is 4.09. The molecule has 0 spiro atoms. The fraction of sp³-hybridized carbons (Fsp3) is 0.562. The highest BCUT2D eigenvalue weighted by Crippen LogP contribution is 2.51. The average Bonchev–Trinajstić information content (AvgIpc) is 3.09. The van der Waals surface area contributed by atoms with Gasteiger partial charge >= 0.3 is 5.97 Å². The quantitative estimate of drug-likeness (QED) is 0.856. The molecule has 0 heterocycles. The monoisotopic (exact) mass is 262 g/mol. The third kappa shape index (κ3) is 2.81. The van der Waals surface area contributed by atoms with Crippen molar-refractivity contribution in [2.75, 3.05) is 13.7 Å². The second-order valence-corrected chi connectivity index (χ2v) is 6.21. The predicted octanol–water partition coefficient (Wildman–Crippen LogP) is 3.12. The van der Waals surface area contributed by atoms with Crippen LogP contribution in [-0.4, -0.2) is 24.8 Å². The molecule has 3 nitrogen and oxygen atoms in total. The van der Waals surface area contributed by atoms with Gasteiger partial charge in [-0.05, 0) is 24.0 Å². The molecule has 0 aromatic heterocycles. The zero-order chi connectivity index (χ0) is 14.1. The molecule has 3 heteroatoms. The molecule has 1 aliphatic carbocycles. The Balaban J connectivity index is 2.39. The molecule has 0 saturated heterocycles. The molecule has 2 rings (SSSR count). The number of hydrogen-bond donors (Lipinski definition) is 1. The fourth-order valence-electron chi connectivity index (χ4n) is 2.93. The highest BCUT2D eigenvalue weighted by atomic mass is 16.5. The lowest BCUT2D eigenvalue weighted by Gasteiger charge is -2.29. The molecule has 0 amide bonds. The number of carbonyl (C=O) groups is 1. The van der Waals surface area contributed by atoms with Gasteiger partial charge < -0.3 is 9.84 Å². The Kier molecular flexibility index (Phi) is 3.68. The molecule has 1 aromatic carbocycles. The minimum Gasteiger partial charge on any atom is -0.481 e. The lowest BCUT2D eigenvalue weighted by molar-refractivity contribution is -0.138. The summed E-state index contributed by atoms with van der Waals surface area (Å²) in [6, 6.07) is 8.22. The van der Waals surface area contributed by atoms with Gasteiger partial charge in [0.2, 0.25) is 0 Å². The molecule has 0 bridgehead atoms. The minimum absolute atomic E-state index is 0.112. The smallest absolute Gasteiger partial charge is 0.304 e. The van der Waals surface area contributed by atoms with Crippen molar-refractivity contribution < 1.29 is 14.6 Å². The predicted molar refractivity (Wildman–Crippen MR) is 74.5 cm³/mol. The van der Waals surface area contributed by atoms with Gasteiger partial charge in [0.05, 0.1) is 13.0 Å². The van der Waals surface area contributed by atoms with Crippen LogP contribution < -0.4 is 0 Å². The van der Waals surface area contributed by atoms with Crippen molar-refractivity contribution in [1.82, 2.24) is 0 Å². The zero-order valence-corrected chi connectivity index (χ0v) is 11.9. The normalized spacial score (nSPS) is 17.2. The van der Waals surface area contributed by atoms with Crippen LogP contribution in [0.25, 0.3) is 0 Å². The molecule has 0 atom stereocenters. The van der Waals surface area contributed by atoms with E-state index in [9.17, 15) is 4.79 Å². The van der Waals surface area contributed by atoms with E-state index in [1.54, 1.807) is 7.11 Å². The van der Waals surface area contributed by atoms with E-state index in [4.69, 9.17) is 9.84 Å². The number of rotatable bonds is 6. The van der Waals surface area contributed by atoms with Gasteiger partial charge in [-0.3, -0.25) is 4.79 Å². The Bertz CT molecular complexity index is 473. The van der Waals surface area contributed by atoms with E-state index >= 15 is 0 Å². The highest BCUT2D eigenvalue weighted by Gasteiger charge is 2.47. The summed E-state index contributed by atoms with van der Waals surface area (Å²) < 4.78 is 5.36.